The van der Waals surface area contributed by atoms with Gasteiger partial charge in [0.15, 0.2) is 0 Å². The number of primary amides is 1. The molecule has 0 saturated heterocycles. The normalized spacial score (nSPS) is 10.3. The zero-order valence-corrected chi connectivity index (χ0v) is 15.9. The first-order valence-corrected chi connectivity index (χ1v) is 9.00. The van der Waals surface area contributed by atoms with Crippen LogP contribution in [0.3, 0.4) is 0 Å². The number of para-hydroxylation sites is 1. The molecule has 0 bridgehead atoms. The molecule has 0 heterocycles. The van der Waals surface area contributed by atoms with Crippen molar-refractivity contribution in [3.63, 3.8) is 0 Å². The van der Waals surface area contributed by atoms with E-state index in [1.165, 1.54) is 0 Å². The van der Waals surface area contributed by atoms with Crippen LogP contribution in [0.15, 0.2) is 77.3 Å². The molecule has 0 spiro atoms. The Balaban J connectivity index is 1.68. The predicted octanol–water partition coefficient (Wildman–Crippen LogP) is 4.38. The van der Waals surface area contributed by atoms with E-state index < -0.39 is 5.91 Å². The second-order valence-electron chi connectivity index (χ2n) is 5.81. The molecule has 0 fully saturated rings. The summed E-state index contributed by atoms with van der Waals surface area (Å²) in [7, 11) is 0. The highest BCUT2D eigenvalue weighted by molar-refractivity contribution is 9.10. The van der Waals surface area contributed by atoms with Gasteiger partial charge in [-0.25, -0.2) is 0 Å². The molecule has 2 amide bonds. The molecular formula is C21H17BrN2O3. The van der Waals surface area contributed by atoms with Crippen molar-refractivity contribution in [2.75, 3.05) is 5.32 Å². The van der Waals surface area contributed by atoms with E-state index in [0.29, 0.717) is 22.6 Å². The Morgan fingerprint density at radius 3 is 2.44 bits per heavy atom. The fourth-order valence-electron chi connectivity index (χ4n) is 2.50. The quantitative estimate of drug-likeness (QED) is 0.615. The van der Waals surface area contributed by atoms with Gasteiger partial charge < -0.3 is 15.8 Å². The molecule has 0 aromatic heterocycles. The molecule has 0 unspecified atom stereocenters. The van der Waals surface area contributed by atoms with Crippen molar-refractivity contribution in [1.29, 1.82) is 0 Å². The van der Waals surface area contributed by atoms with E-state index in [0.717, 1.165) is 10.0 Å². The van der Waals surface area contributed by atoms with Gasteiger partial charge in [-0.2, -0.15) is 0 Å². The van der Waals surface area contributed by atoms with Crippen LogP contribution in [0.2, 0.25) is 0 Å². The molecule has 3 aromatic carbocycles. The number of nitrogens with two attached hydrogens (primary N) is 1. The van der Waals surface area contributed by atoms with E-state index in [-0.39, 0.29) is 12.5 Å². The summed E-state index contributed by atoms with van der Waals surface area (Å²) in [6, 6.07) is 21.3. The predicted molar refractivity (Wildman–Crippen MR) is 108 cm³/mol. The number of hydrogen-bond acceptors (Lipinski definition) is 3. The van der Waals surface area contributed by atoms with Gasteiger partial charge >= 0.3 is 0 Å². The highest BCUT2D eigenvalue weighted by Crippen LogP contribution is 2.20. The first-order chi connectivity index (χ1) is 13.0. The minimum absolute atomic E-state index is 0.195. The van der Waals surface area contributed by atoms with Gasteiger partial charge in [0.25, 0.3) is 11.8 Å². The second-order valence-corrected chi connectivity index (χ2v) is 6.73. The number of benzene rings is 3. The number of rotatable bonds is 6. The molecule has 0 aliphatic carbocycles. The molecule has 0 saturated carbocycles. The van der Waals surface area contributed by atoms with Crippen LogP contribution in [0.4, 0.5) is 5.69 Å². The highest BCUT2D eigenvalue weighted by atomic mass is 79.9. The van der Waals surface area contributed by atoms with E-state index in [2.05, 4.69) is 21.2 Å². The summed E-state index contributed by atoms with van der Waals surface area (Å²) in [6.45, 7) is 0.242. The molecule has 0 radical (unpaired) electrons. The van der Waals surface area contributed by atoms with Gasteiger partial charge in [-0.1, -0.05) is 40.2 Å². The van der Waals surface area contributed by atoms with Gasteiger partial charge in [0.05, 0.1) is 5.56 Å². The molecule has 0 atom stereocenters. The van der Waals surface area contributed by atoms with Crippen molar-refractivity contribution in [2.24, 2.45) is 5.73 Å². The topological polar surface area (TPSA) is 81.4 Å². The van der Waals surface area contributed by atoms with Crippen molar-refractivity contribution in [3.8, 4) is 5.75 Å². The van der Waals surface area contributed by atoms with Crippen LogP contribution in [-0.2, 0) is 6.61 Å². The Hall–Kier alpha value is -3.12. The molecule has 136 valence electrons. The fraction of sp³-hybridized carbons (Fsp3) is 0.0476. The molecule has 5 nitrogen and oxygen atoms in total. The lowest BCUT2D eigenvalue weighted by atomic mass is 10.1. The zero-order chi connectivity index (χ0) is 19.2. The van der Waals surface area contributed by atoms with Crippen LogP contribution in [0, 0.1) is 0 Å². The van der Waals surface area contributed by atoms with Crippen molar-refractivity contribution in [1.82, 2.24) is 0 Å². The van der Waals surface area contributed by atoms with Crippen molar-refractivity contribution < 1.29 is 14.3 Å². The van der Waals surface area contributed by atoms with E-state index in [1.54, 1.807) is 42.5 Å². The summed E-state index contributed by atoms with van der Waals surface area (Å²) in [5, 5.41) is 2.86. The molecular weight excluding hydrogens is 408 g/mol. The highest BCUT2D eigenvalue weighted by Gasteiger charge is 2.09. The maximum atomic E-state index is 12.3. The number of ether oxygens (including phenoxy) is 1. The Morgan fingerprint density at radius 2 is 1.70 bits per heavy atom. The third-order valence-corrected chi connectivity index (χ3v) is 4.37. The Morgan fingerprint density at radius 1 is 0.963 bits per heavy atom. The Labute approximate surface area is 165 Å². The molecule has 3 aromatic rings. The summed E-state index contributed by atoms with van der Waals surface area (Å²) in [4.78, 5) is 23.8. The van der Waals surface area contributed by atoms with Gasteiger partial charge in [0, 0.05) is 15.7 Å². The standard InChI is InChI=1S/C21H17BrN2O3/c22-16-10-8-15(9-11-16)21(26)24-17-5-3-4-14(12-17)13-27-19-7-2-1-6-18(19)20(23)25/h1-12H,13H2,(H2,23,25)(H,24,26). The smallest absolute Gasteiger partial charge is 0.255 e. The number of carbonyl (C=O) groups is 2. The van der Waals surface area contributed by atoms with Crippen LogP contribution in [0.25, 0.3) is 0 Å². The first kappa shape index (κ1) is 18.7. The summed E-state index contributed by atoms with van der Waals surface area (Å²) in [5.41, 5.74) is 7.76. The number of halogens is 1. The van der Waals surface area contributed by atoms with Gasteiger partial charge in [-0.15, -0.1) is 0 Å². The number of hydrogen-bond donors (Lipinski definition) is 2. The Kier molecular flexibility index (Phi) is 5.88. The van der Waals surface area contributed by atoms with Crippen LogP contribution in [0.5, 0.6) is 5.75 Å². The number of anilines is 1. The minimum Gasteiger partial charge on any atom is -0.488 e. The molecule has 3 rings (SSSR count). The summed E-state index contributed by atoms with van der Waals surface area (Å²) in [5.74, 6) is -0.310. The number of amides is 2. The van der Waals surface area contributed by atoms with Gasteiger partial charge in [-0.3, -0.25) is 9.59 Å². The monoisotopic (exact) mass is 424 g/mol. The molecule has 0 aliphatic rings. The molecule has 0 aliphatic heterocycles. The molecule has 27 heavy (non-hydrogen) atoms. The van der Waals surface area contributed by atoms with Crippen LogP contribution < -0.4 is 15.8 Å². The van der Waals surface area contributed by atoms with Crippen LogP contribution in [-0.4, -0.2) is 11.8 Å². The zero-order valence-electron chi connectivity index (χ0n) is 14.3. The van der Waals surface area contributed by atoms with Crippen LogP contribution >= 0.6 is 15.9 Å². The third-order valence-electron chi connectivity index (χ3n) is 3.84. The van der Waals surface area contributed by atoms with E-state index in [4.69, 9.17) is 10.5 Å². The van der Waals surface area contributed by atoms with Crippen molar-refractivity contribution in [2.45, 2.75) is 6.61 Å². The minimum atomic E-state index is -0.541. The lowest BCUT2D eigenvalue weighted by Crippen LogP contribution is -2.13. The third kappa shape index (κ3) is 4.95. The summed E-state index contributed by atoms with van der Waals surface area (Å²) in [6.07, 6.45) is 0. The van der Waals surface area contributed by atoms with Crippen molar-refractivity contribution in [3.05, 3.63) is 94.0 Å². The average molecular weight is 425 g/mol. The fourth-order valence-corrected chi connectivity index (χ4v) is 2.76. The van der Waals surface area contributed by atoms with E-state index in [9.17, 15) is 9.59 Å². The SMILES string of the molecule is NC(=O)c1ccccc1OCc1cccc(NC(=O)c2ccc(Br)cc2)c1. The number of nitrogens with one attached hydrogen (secondary N) is 1. The van der Waals surface area contributed by atoms with Gasteiger partial charge in [-0.05, 0) is 54.1 Å². The summed E-state index contributed by atoms with van der Waals surface area (Å²) < 4.78 is 6.64. The number of carbonyl (C=O) groups excluding carboxylic acids is 2. The van der Waals surface area contributed by atoms with Gasteiger partial charge in [0.1, 0.15) is 12.4 Å². The maximum Gasteiger partial charge on any atom is 0.255 e. The first-order valence-electron chi connectivity index (χ1n) is 8.20. The molecule has 6 heteroatoms. The lowest BCUT2D eigenvalue weighted by molar-refractivity contribution is 0.0993. The largest absolute Gasteiger partial charge is 0.488 e. The Bertz CT molecular complexity index is 971. The summed E-state index contributed by atoms with van der Waals surface area (Å²) >= 11 is 3.35. The van der Waals surface area contributed by atoms with Crippen molar-refractivity contribution >= 4 is 33.4 Å². The maximum absolute atomic E-state index is 12.3. The van der Waals surface area contributed by atoms with E-state index in [1.807, 2.05) is 30.3 Å². The van der Waals surface area contributed by atoms with Gasteiger partial charge in [0.2, 0.25) is 0 Å². The second kappa shape index (κ2) is 8.51. The van der Waals surface area contributed by atoms with E-state index >= 15 is 0 Å². The molecule has 3 N–H and O–H groups in total. The van der Waals surface area contributed by atoms with Crippen LogP contribution in [0.1, 0.15) is 26.3 Å². The lowest BCUT2D eigenvalue weighted by Gasteiger charge is -2.11. The average Bonchev–Trinajstić information content (AvgIpc) is 2.67.